The predicted octanol–water partition coefficient (Wildman–Crippen LogP) is 3.61. The number of carbonyl (C=O) groups excluding carboxylic acids is 2. The molecule has 0 aliphatic heterocycles. The van der Waals surface area contributed by atoms with Gasteiger partial charge in [0.2, 0.25) is 5.78 Å². The highest BCUT2D eigenvalue weighted by Crippen LogP contribution is 2.22. The number of Topliss-reactive ketones (excluding diaryl/α,β-unsaturated/α-hetero) is 1. The van der Waals surface area contributed by atoms with Crippen LogP contribution in [-0.4, -0.2) is 27.5 Å². The topological polar surface area (TPSA) is 53.2 Å². The van der Waals surface area contributed by atoms with Crippen LogP contribution in [0.1, 0.15) is 32.2 Å². The van der Waals surface area contributed by atoms with Crippen LogP contribution in [0.3, 0.4) is 0 Å². The molecule has 0 N–H and O–H groups in total. The Hall–Kier alpha value is -3.15. The second kappa shape index (κ2) is 7.00. The smallest absolute Gasteiger partial charge is 0.355 e. The summed E-state index contributed by atoms with van der Waals surface area (Å²) in [5.74, 6) is -1.20. The summed E-state index contributed by atoms with van der Waals surface area (Å²) < 4.78 is 22.1. The normalized spacial score (nSPS) is 10.8. The number of nitrogens with zero attached hydrogens (tertiary/aromatic N) is 2. The van der Waals surface area contributed by atoms with Gasteiger partial charge < -0.3 is 13.9 Å². The number of aryl methyl sites for hydroxylation is 2. The van der Waals surface area contributed by atoms with Gasteiger partial charge in [-0.2, -0.15) is 0 Å². The molecule has 0 unspecified atom stereocenters. The Kier molecular flexibility index (Phi) is 4.75. The van der Waals surface area contributed by atoms with Crippen LogP contribution < -0.4 is 0 Å². The fraction of sp³-hybridized carbons (Fsp3) is 0.200. The third kappa shape index (κ3) is 3.31. The molecule has 0 radical (unpaired) electrons. The highest BCUT2D eigenvalue weighted by Gasteiger charge is 2.19. The lowest BCUT2D eigenvalue weighted by molar-refractivity contribution is 0.0465. The zero-order valence-corrected chi connectivity index (χ0v) is 14.8. The minimum absolute atomic E-state index is 0.302. The van der Waals surface area contributed by atoms with Crippen LogP contribution in [0, 0.1) is 19.7 Å². The summed E-state index contributed by atoms with van der Waals surface area (Å²) in [5.41, 5.74) is 2.94. The minimum atomic E-state index is -0.551. The number of ketones is 1. The van der Waals surface area contributed by atoms with Crippen molar-refractivity contribution in [2.45, 2.75) is 13.8 Å². The Morgan fingerprint density at radius 3 is 2.54 bits per heavy atom. The van der Waals surface area contributed by atoms with E-state index >= 15 is 0 Å². The van der Waals surface area contributed by atoms with Crippen molar-refractivity contribution in [3.05, 3.63) is 77.1 Å². The molecule has 0 bridgehead atoms. The van der Waals surface area contributed by atoms with Crippen molar-refractivity contribution in [3.63, 3.8) is 0 Å². The first-order valence-corrected chi connectivity index (χ1v) is 8.15. The third-order valence-corrected chi connectivity index (χ3v) is 4.29. The molecule has 0 aliphatic carbocycles. The summed E-state index contributed by atoms with van der Waals surface area (Å²) in [4.78, 5) is 24.6. The maximum absolute atomic E-state index is 13.5. The Bertz CT molecular complexity index is 985. The molecule has 0 saturated carbocycles. The number of benzene rings is 1. The second-order valence-electron chi connectivity index (χ2n) is 6.10. The van der Waals surface area contributed by atoms with Gasteiger partial charge in [0, 0.05) is 35.9 Å². The van der Waals surface area contributed by atoms with Gasteiger partial charge in [0.25, 0.3) is 0 Å². The SMILES string of the molecule is Cc1cc(C(=O)COC(=O)c2cccn2C)c(C)n1-c1cccc(F)c1. The van der Waals surface area contributed by atoms with E-state index in [1.807, 2.05) is 6.92 Å². The first-order chi connectivity index (χ1) is 12.4. The summed E-state index contributed by atoms with van der Waals surface area (Å²) in [5, 5.41) is 0. The molecule has 3 rings (SSSR count). The second-order valence-corrected chi connectivity index (χ2v) is 6.10. The molecule has 3 aromatic rings. The Morgan fingerprint density at radius 2 is 1.88 bits per heavy atom. The average molecular weight is 354 g/mol. The number of esters is 1. The van der Waals surface area contributed by atoms with E-state index in [2.05, 4.69) is 0 Å². The molecule has 0 atom stereocenters. The lowest BCUT2D eigenvalue weighted by atomic mass is 10.1. The van der Waals surface area contributed by atoms with Crippen LogP contribution in [0.2, 0.25) is 0 Å². The number of ether oxygens (including phenoxy) is 1. The van der Waals surface area contributed by atoms with Gasteiger partial charge in [-0.05, 0) is 50.2 Å². The molecule has 134 valence electrons. The average Bonchev–Trinajstić information content (AvgIpc) is 3.15. The third-order valence-electron chi connectivity index (χ3n) is 4.29. The molecule has 26 heavy (non-hydrogen) atoms. The van der Waals surface area contributed by atoms with Gasteiger partial charge in [0.15, 0.2) is 6.61 Å². The van der Waals surface area contributed by atoms with Crippen molar-refractivity contribution in [3.8, 4) is 5.69 Å². The van der Waals surface area contributed by atoms with Crippen molar-refractivity contribution in [2.75, 3.05) is 6.61 Å². The lowest BCUT2D eigenvalue weighted by Gasteiger charge is -2.10. The van der Waals surface area contributed by atoms with Crippen LogP contribution in [0.4, 0.5) is 4.39 Å². The van der Waals surface area contributed by atoms with E-state index < -0.39 is 5.97 Å². The summed E-state index contributed by atoms with van der Waals surface area (Å²) in [6, 6.07) is 11.2. The number of hydrogen-bond donors (Lipinski definition) is 0. The van der Waals surface area contributed by atoms with Crippen molar-refractivity contribution < 1.29 is 18.7 Å². The van der Waals surface area contributed by atoms with E-state index in [-0.39, 0.29) is 18.2 Å². The summed E-state index contributed by atoms with van der Waals surface area (Å²) in [7, 11) is 1.73. The summed E-state index contributed by atoms with van der Waals surface area (Å²) in [6.07, 6.45) is 1.73. The van der Waals surface area contributed by atoms with Crippen LogP contribution >= 0.6 is 0 Å². The highest BCUT2D eigenvalue weighted by molar-refractivity contribution is 6.00. The van der Waals surface area contributed by atoms with Crippen LogP contribution in [0.25, 0.3) is 5.69 Å². The molecule has 0 fully saturated rings. The van der Waals surface area contributed by atoms with E-state index in [1.54, 1.807) is 59.6 Å². The Labute approximate surface area is 150 Å². The maximum Gasteiger partial charge on any atom is 0.355 e. The van der Waals surface area contributed by atoms with Gasteiger partial charge >= 0.3 is 5.97 Å². The molecule has 6 heteroatoms. The number of halogens is 1. The van der Waals surface area contributed by atoms with E-state index in [0.29, 0.717) is 22.6 Å². The molecular weight excluding hydrogens is 335 g/mol. The molecule has 0 spiro atoms. The molecule has 2 aromatic heterocycles. The van der Waals surface area contributed by atoms with Crippen molar-refractivity contribution in [1.29, 1.82) is 0 Å². The Morgan fingerprint density at radius 1 is 1.12 bits per heavy atom. The zero-order chi connectivity index (χ0) is 18.8. The van der Waals surface area contributed by atoms with E-state index in [1.165, 1.54) is 12.1 Å². The first-order valence-electron chi connectivity index (χ1n) is 8.15. The van der Waals surface area contributed by atoms with Gasteiger partial charge in [-0.25, -0.2) is 9.18 Å². The molecule has 0 saturated heterocycles. The van der Waals surface area contributed by atoms with Gasteiger partial charge in [0.1, 0.15) is 11.5 Å². The number of rotatable bonds is 5. The fourth-order valence-electron chi connectivity index (χ4n) is 3.01. The van der Waals surface area contributed by atoms with Crippen molar-refractivity contribution >= 4 is 11.8 Å². The molecule has 0 aliphatic rings. The van der Waals surface area contributed by atoms with Gasteiger partial charge in [-0.3, -0.25) is 4.79 Å². The van der Waals surface area contributed by atoms with E-state index in [0.717, 1.165) is 5.69 Å². The first kappa shape index (κ1) is 17.7. The number of hydrogen-bond acceptors (Lipinski definition) is 3. The van der Waals surface area contributed by atoms with Gasteiger partial charge in [-0.15, -0.1) is 0 Å². The zero-order valence-electron chi connectivity index (χ0n) is 14.8. The van der Waals surface area contributed by atoms with Gasteiger partial charge in [0.05, 0.1) is 0 Å². The monoisotopic (exact) mass is 354 g/mol. The largest absolute Gasteiger partial charge is 0.453 e. The molecule has 0 amide bonds. The molecular formula is C20H19FN2O3. The molecule has 5 nitrogen and oxygen atoms in total. The highest BCUT2D eigenvalue weighted by atomic mass is 19.1. The van der Waals surface area contributed by atoms with Gasteiger partial charge in [-0.1, -0.05) is 6.07 Å². The predicted molar refractivity (Wildman–Crippen MR) is 95.2 cm³/mol. The van der Waals surface area contributed by atoms with E-state index in [4.69, 9.17) is 4.74 Å². The Balaban J connectivity index is 1.79. The summed E-state index contributed by atoms with van der Waals surface area (Å²) in [6.45, 7) is 3.27. The van der Waals surface area contributed by atoms with Crippen LogP contribution in [-0.2, 0) is 11.8 Å². The van der Waals surface area contributed by atoms with Crippen LogP contribution in [0.15, 0.2) is 48.7 Å². The standard InChI is InChI=1S/C20H19FN2O3/c1-13-10-17(14(2)23(13)16-7-4-6-15(21)11-16)19(24)12-26-20(25)18-8-5-9-22(18)3/h4-11H,12H2,1-3H3. The van der Waals surface area contributed by atoms with Crippen molar-refractivity contribution in [2.24, 2.45) is 7.05 Å². The fourth-order valence-corrected chi connectivity index (χ4v) is 3.01. The molecule has 1 aromatic carbocycles. The lowest BCUT2D eigenvalue weighted by Crippen LogP contribution is -2.16. The number of aromatic nitrogens is 2. The number of carbonyl (C=O) groups is 2. The minimum Gasteiger partial charge on any atom is -0.453 e. The molecule has 2 heterocycles. The summed E-state index contributed by atoms with van der Waals surface area (Å²) >= 11 is 0. The quantitative estimate of drug-likeness (QED) is 0.519. The maximum atomic E-state index is 13.5. The van der Waals surface area contributed by atoms with Crippen molar-refractivity contribution in [1.82, 2.24) is 9.13 Å². The van der Waals surface area contributed by atoms with E-state index in [9.17, 15) is 14.0 Å². The van der Waals surface area contributed by atoms with Crippen LogP contribution in [0.5, 0.6) is 0 Å².